The fraction of sp³-hybridized carbons (Fsp3) is 0.300. The summed E-state index contributed by atoms with van der Waals surface area (Å²) in [4.78, 5) is 31.0. The Morgan fingerprint density at radius 1 is 1.16 bits per heavy atom. The van der Waals surface area contributed by atoms with Crippen LogP contribution in [-0.2, 0) is 17.5 Å². The second-order valence-electron chi connectivity index (χ2n) is 7.69. The van der Waals surface area contributed by atoms with E-state index in [9.17, 15) is 27.2 Å². The average Bonchev–Trinajstić information content (AvgIpc) is 2.66. The Morgan fingerprint density at radius 2 is 1.81 bits per heavy atom. The molecule has 0 aliphatic heterocycles. The number of nitrogens with two attached hydrogens (primary N) is 1. The normalized spacial score (nSPS) is 12.4. The van der Waals surface area contributed by atoms with Gasteiger partial charge in [0.25, 0.3) is 0 Å². The zero-order valence-corrected chi connectivity index (χ0v) is 18.0. The summed E-state index contributed by atoms with van der Waals surface area (Å²) in [5.41, 5.74) is 3.76. The van der Waals surface area contributed by atoms with Crippen molar-refractivity contribution < 1.29 is 27.2 Å². The lowest BCUT2D eigenvalue weighted by atomic mass is 9.95. The average molecular weight is 474 g/mol. The minimum atomic E-state index is -4.58. The molecule has 0 spiro atoms. The third-order valence-electron chi connectivity index (χ3n) is 4.10. The first-order chi connectivity index (χ1) is 14.7. The van der Waals surface area contributed by atoms with Crippen LogP contribution in [0.4, 0.5) is 28.2 Å². The predicted octanol–water partition coefficient (Wildman–Crippen LogP) is 4.49. The Morgan fingerprint density at radius 3 is 2.34 bits per heavy atom. The fourth-order valence-corrected chi connectivity index (χ4v) is 2.59. The SMILES string of the molecule is CC(C)(C)C(=O)NCc1ccc(Cl)c(/C(N)=N/C(=O)Nc2ccc(C(F)(F)F)cn2)c1F. The summed E-state index contributed by atoms with van der Waals surface area (Å²) in [6.45, 7) is 4.93. The number of amidine groups is 1. The van der Waals surface area contributed by atoms with Crippen LogP contribution in [0, 0.1) is 11.2 Å². The third-order valence-corrected chi connectivity index (χ3v) is 4.41. The van der Waals surface area contributed by atoms with E-state index in [2.05, 4.69) is 20.6 Å². The van der Waals surface area contributed by atoms with Gasteiger partial charge in [-0.1, -0.05) is 38.4 Å². The zero-order chi connectivity index (χ0) is 24.3. The van der Waals surface area contributed by atoms with Crippen molar-refractivity contribution in [3.63, 3.8) is 0 Å². The molecule has 0 bridgehead atoms. The van der Waals surface area contributed by atoms with Crippen LogP contribution in [0.5, 0.6) is 0 Å². The molecule has 0 saturated heterocycles. The van der Waals surface area contributed by atoms with Gasteiger partial charge in [-0.3, -0.25) is 10.1 Å². The van der Waals surface area contributed by atoms with Crippen molar-refractivity contribution in [3.8, 4) is 0 Å². The molecule has 0 saturated carbocycles. The molecule has 0 aliphatic rings. The number of pyridine rings is 1. The highest BCUT2D eigenvalue weighted by Crippen LogP contribution is 2.29. The third kappa shape index (κ3) is 6.39. The number of nitrogens with zero attached hydrogens (tertiary/aromatic N) is 2. The maximum absolute atomic E-state index is 14.9. The van der Waals surface area contributed by atoms with Crippen molar-refractivity contribution >= 4 is 35.2 Å². The molecule has 1 aromatic carbocycles. The van der Waals surface area contributed by atoms with Crippen molar-refractivity contribution in [2.45, 2.75) is 33.5 Å². The van der Waals surface area contributed by atoms with Crippen LogP contribution in [0.25, 0.3) is 0 Å². The molecule has 0 atom stereocenters. The number of nitrogens with one attached hydrogen (secondary N) is 2. The number of aliphatic imine (C=N–C) groups is 1. The van der Waals surface area contributed by atoms with E-state index >= 15 is 0 Å². The second-order valence-corrected chi connectivity index (χ2v) is 8.09. The number of carbonyl (C=O) groups is 2. The molecule has 7 nitrogen and oxygen atoms in total. The summed E-state index contributed by atoms with van der Waals surface area (Å²) in [7, 11) is 0. The Hall–Kier alpha value is -3.21. The van der Waals surface area contributed by atoms with Crippen molar-refractivity contribution in [1.29, 1.82) is 0 Å². The van der Waals surface area contributed by atoms with Gasteiger partial charge in [-0.2, -0.15) is 18.2 Å². The van der Waals surface area contributed by atoms with E-state index < -0.39 is 34.8 Å². The van der Waals surface area contributed by atoms with Gasteiger partial charge in [0, 0.05) is 23.7 Å². The molecule has 0 fully saturated rings. The maximum Gasteiger partial charge on any atom is 0.417 e. The van der Waals surface area contributed by atoms with E-state index in [1.165, 1.54) is 12.1 Å². The number of aromatic nitrogens is 1. The number of hydrogen-bond acceptors (Lipinski definition) is 3. The number of urea groups is 1. The van der Waals surface area contributed by atoms with E-state index in [0.29, 0.717) is 6.20 Å². The number of alkyl halides is 3. The summed E-state index contributed by atoms with van der Waals surface area (Å²) in [5, 5.41) is 4.58. The number of rotatable bonds is 4. The van der Waals surface area contributed by atoms with E-state index in [-0.39, 0.29) is 34.4 Å². The topological polar surface area (TPSA) is 109 Å². The standard InChI is InChI=1S/C20H20ClF4N5O2/c1-19(2,3)17(31)28-8-10-4-6-12(21)14(15(10)22)16(26)30-18(32)29-13-7-5-11(9-27-13)20(23,24)25/h4-7,9H,8H2,1-3H3,(H,28,31)(H3,26,27,29,30,32). The minimum Gasteiger partial charge on any atom is -0.383 e. The number of halogens is 5. The first kappa shape index (κ1) is 25.1. The Kier molecular flexibility index (Phi) is 7.45. The van der Waals surface area contributed by atoms with Crippen LogP contribution >= 0.6 is 11.6 Å². The highest BCUT2D eigenvalue weighted by Gasteiger charge is 2.30. The monoisotopic (exact) mass is 473 g/mol. The molecular formula is C20H20ClF4N5O2. The molecule has 2 aromatic rings. The van der Waals surface area contributed by atoms with Gasteiger partial charge in [0.2, 0.25) is 5.91 Å². The molecule has 12 heteroatoms. The molecule has 172 valence electrons. The smallest absolute Gasteiger partial charge is 0.383 e. The zero-order valence-electron chi connectivity index (χ0n) is 17.3. The van der Waals surface area contributed by atoms with Crippen molar-refractivity contribution in [3.05, 3.63) is 58.0 Å². The van der Waals surface area contributed by atoms with Crippen molar-refractivity contribution in [2.75, 3.05) is 5.32 Å². The molecule has 1 aromatic heterocycles. The van der Waals surface area contributed by atoms with Gasteiger partial charge < -0.3 is 11.1 Å². The van der Waals surface area contributed by atoms with Crippen LogP contribution in [0.1, 0.15) is 37.5 Å². The van der Waals surface area contributed by atoms with Crippen LogP contribution in [-0.4, -0.2) is 22.8 Å². The summed E-state index contributed by atoms with van der Waals surface area (Å²) in [6, 6.07) is 3.23. The van der Waals surface area contributed by atoms with E-state index in [1.807, 2.05) is 0 Å². The molecule has 32 heavy (non-hydrogen) atoms. The first-order valence-electron chi connectivity index (χ1n) is 9.14. The highest BCUT2D eigenvalue weighted by molar-refractivity contribution is 6.34. The van der Waals surface area contributed by atoms with Gasteiger partial charge in [-0.15, -0.1) is 0 Å². The summed E-state index contributed by atoms with van der Waals surface area (Å²) in [5.74, 6) is -1.97. The summed E-state index contributed by atoms with van der Waals surface area (Å²) in [6.07, 6.45) is -4.04. The van der Waals surface area contributed by atoms with Crippen LogP contribution in [0.15, 0.2) is 35.5 Å². The summed E-state index contributed by atoms with van der Waals surface area (Å²) < 4.78 is 52.6. The van der Waals surface area contributed by atoms with Gasteiger partial charge in [-0.25, -0.2) is 14.2 Å². The van der Waals surface area contributed by atoms with Gasteiger partial charge in [0.05, 0.1) is 16.1 Å². The minimum absolute atomic E-state index is 0.0602. The first-order valence-corrected chi connectivity index (χ1v) is 9.52. The Bertz CT molecular complexity index is 1050. The molecule has 0 unspecified atom stereocenters. The van der Waals surface area contributed by atoms with E-state index in [4.69, 9.17) is 17.3 Å². The number of anilines is 1. The second kappa shape index (κ2) is 9.51. The Labute approximate surface area is 186 Å². The molecular weight excluding hydrogens is 454 g/mol. The molecule has 2 rings (SSSR count). The quantitative estimate of drug-likeness (QED) is 0.345. The largest absolute Gasteiger partial charge is 0.417 e. The number of hydrogen-bond donors (Lipinski definition) is 3. The fourth-order valence-electron chi connectivity index (χ4n) is 2.35. The van der Waals surface area contributed by atoms with Gasteiger partial charge in [-0.05, 0) is 18.2 Å². The van der Waals surface area contributed by atoms with Gasteiger partial charge in [0.15, 0.2) is 0 Å². The highest BCUT2D eigenvalue weighted by atomic mass is 35.5. The van der Waals surface area contributed by atoms with E-state index in [0.717, 1.165) is 12.1 Å². The number of amides is 3. The van der Waals surface area contributed by atoms with Crippen molar-refractivity contribution in [1.82, 2.24) is 10.3 Å². The summed E-state index contributed by atoms with van der Waals surface area (Å²) >= 11 is 6.00. The van der Waals surface area contributed by atoms with Gasteiger partial charge >= 0.3 is 12.2 Å². The lowest BCUT2D eigenvalue weighted by Gasteiger charge is -2.18. The van der Waals surface area contributed by atoms with Crippen LogP contribution in [0.2, 0.25) is 5.02 Å². The lowest BCUT2D eigenvalue weighted by Crippen LogP contribution is -2.34. The van der Waals surface area contributed by atoms with Crippen LogP contribution < -0.4 is 16.4 Å². The van der Waals surface area contributed by atoms with Gasteiger partial charge in [0.1, 0.15) is 17.5 Å². The molecule has 0 aliphatic carbocycles. The molecule has 0 radical (unpaired) electrons. The molecule has 1 heterocycles. The van der Waals surface area contributed by atoms with E-state index in [1.54, 1.807) is 20.8 Å². The van der Waals surface area contributed by atoms with Crippen LogP contribution in [0.3, 0.4) is 0 Å². The Balaban J connectivity index is 2.19. The number of benzene rings is 1. The predicted molar refractivity (Wildman–Crippen MR) is 112 cm³/mol. The molecule has 3 amide bonds. The van der Waals surface area contributed by atoms with Crippen molar-refractivity contribution in [2.24, 2.45) is 16.1 Å². The molecule has 4 N–H and O–H groups in total. The lowest BCUT2D eigenvalue weighted by molar-refractivity contribution is -0.137. The number of carbonyl (C=O) groups excluding carboxylic acids is 2. The maximum atomic E-state index is 14.9.